The molecule has 0 aliphatic rings. The molecule has 0 saturated carbocycles. The summed E-state index contributed by atoms with van der Waals surface area (Å²) in [7, 11) is 0. The predicted molar refractivity (Wildman–Crippen MR) is 83.5 cm³/mol. The molecule has 8 heteroatoms. The maximum Gasteiger partial charge on any atom is 0.422 e. The van der Waals surface area contributed by atoms with Crippen molar-refractivity contribution < 1.29 is 22.3 Å². The van der Waals surface area contributed by atoms with Gasteiger partial charge < -0.3 is 10.5 Å². The van der Waals surface area contributed by atoms with Crippen molar-refractivity contribution in [2.45, 2.75) is 12.7 Å². The van der Waals surface area contributed by atoms with Gasteiger partial charge in [0.2, 0.25) is 0 Å². The van der Waals surface area contributed by atoms with Crippen molar-refractivity contribution in [1.29, 1.82) is 0 Å². The molecular formula is C15H13Cl2F4NO. The zero-order valence-electron chi connectivity index (χ0n) is 11.7. The molecule has 0 bridgehead atoms. The van der Waals surface area contributed by atoms with Gasteiger partial charge in [0.1, 0.15) is 11.6 Å². The average Bonchev–Trinajstić information content (AvgIpc) is 2.46. The van der Waals surface area contributed by atoms with Gasteiger partial charge in [0.05, 0.1) is 0 Å². The van der Waals surface area contributed by atoms with Gasteiger partial charge in [0, 0.05) is 17.1 Å². The first-order valence-corrected chi connectivity index (χ1v) is 6.66. The molecule has 0 fully saturated rings. The van der Waals surface area contributed by atoms with E-state index in [-0.39, 0.29) is 29.7 Å². The van der Waals surface area contributed by atoms with Gasteiger partial charge in [-0.25, -0.2) is 4.39 Å². The fourth-order valence-electron chi connectivity index (χ4n) is 1.94. The molecule has 2 N–H and O–H groups in total. The Morgan fingerprint density at radius 2 is 1.74 bits per heavy atom. The van der Waals surface area contributed by atoms with E-state index in [9.17, 15) is 17.6 Å². The Labute approximate surface area is 141 Å². The molecule has 126 valence electrons. The quantitative estimate of drug-likeness (QED) is 0.772. The first kappa shape index (κ1) is 19.5. The molecule has 2 aromatic rings. The number of alkyl halides is 3. The summed E-state index contributed by atoms with van der Waals surface area (Å²) in [6.45, 7) is -1.28. The summed E-state index contributed by atoms with van der Waals surface area (Å²) in [6.07, 6.45) is -4.44. The van der Waals surface area contributed by atoms with Crippen LogP contribution in [0.2, 0.25) is 5.02 Å². The van der Waals surface area contributed by atoms with Crippen LogP contribution in [0, 0.1) is 5.82 Å². The van der Waals surface area contributed by atoms with Gasteiger partial charge in [-0.2, -0.15) is 13.2 Å². The van der Waals surface area contributed by atoms with E-state index in [0.717, 1.165) is 0 Å². The van der Waals surface area contributed by atoms with Crippen LogP contribution in [-0.2, 0) is 6.54 Å². The van der Waals surface area contributed by atoms with E-state index in [2.05, 4.69) is 0 Å². The first-order chi connectivity index (χ1) is 10.3. The van der Waals surface area contributed by atoms with E-state index in [4.69, 9.17) is 22.1 Å². The third-order valence-corrected chi connectivity index (χ3v) is 3.25. The van der Waals surface area contributed by atoms with E-state index in [0.29, 0.717) is 16.7 Å². The molecule has 0 spiro atoms. The number of rotatable bonds is 4. The molecule has 0 radical (unpaired) electrons. The average molecular weight is 370 g/mol. The normalized spacial score (nSPS) is 11.0. The largest absolute Gasteiger partial charge is 0.484 e. The highest BCUT2D eigenvalue weighted by Crippen LogP contribution is 2.34. The third-order valence-electron chi connectivity index (χ3n) is 2.92. The fraction of sp³-hybridized carbons (Fsp3) is 0.200. The van der Waals surface area contributed by atoms with E-state index in [1.54, 1.807) is 0 Å². The molecule has 0 heterocycles. The molecule has 0 amide bonds. The molecule has 2 nitrogen and oxygen atoms in total. The lowest BCUT2D eigenvalue weighted by molar-refractivity contribution is -0.153. The molecule has 2 rings (SSSR count). The Kier molecular flexibility index (Phi) is 6.68. The van der Waals surface area contributed by atoms with Crippen LogP contribution in [0.25, 0.3) is 11.1 Å². The predicted octanol–water partition coefficient (Wildman–Crippen LogP) is 4.97. The Morgan fingerprint density at radius 1 is 1.04 bits per heavy atom. The zero-order chi connectivity index (χ0) is 16.3. The van der Waals surface area contributed by atoms with Crippen LogP contribution in [0.3, 0.4) is 0 Å². The third kappa shape index (κ3) is 5.27. The molecule has 0 unspecified atom stereocenters. The van der Waals surface area contributed by atoms with Gasteiger partial charge in [-0.3, -0.25) is 0 Å². The van der Waals surface area contributed by atoms with E-state index >= 15 is 0 Å². The van der Waals surface area contributed by atoms with Crippen LogP contribution >= 0.6 is 24.0 Å². The number of ether oxygens (including phenoxy) is 1. The summed E-state index contributed by atoms with van der Waals surface area (Å²) in [5, 5.41) is 0.268. The summed E-state index contributed by atoms with van der Waals surface area (Å²) < 4.78 is 54.7. The van der Waals surface area contributed by atoms with Gasteiger partial charge in [0.15, 0.2) is 6.61 Å². The van der Waals surface area contributed by atoms with Gasteiger partial charge in [-0.05, 0) is 41.5 Å². The lowest BCUT2D eigenvalue weighted by atomic mass is 9.99. The summed E-state index contributed by atoms with van der Waals surface area (Å²) in [6, 6.07) is 8.04. The second kappa shape index (κ2) is 7.86. The Morgan fingerprint density at radius 3 is 2.35 bits per heavy atom. The fourth-order valence-corrected chi connectivity index (χ4v) is 2.16. The molecule has 2 aromatic carbocycles. The molecule has 0 saturated heterocycles. The van der Waals surface area contributed by atoms with Crippen molar-refractivity contribution in [2.75, 3.05) is 6.61 Å². The highest BCUT2D eigenvalue weighted by atomic mass is 35.5. The number of benzene rings is 2. The standard InChI is InChI=1S/C15H12ClF4NO.ClH/c16-14-4-2-10(17)5-13(14)12-6-11(3-1-9(12)7-21)22-8-15(18,19)20;/h1-6H,7-8,21H2;1H. The maximum absolute atomic E-state index is 13.4. The highest BCUT2D eigenvalue weighted by Gasteiger charge is 2.28. The van der Waals surface area contributed by atoms with Gasteiger partial charge >= 0.3 is 6.18 Å². The second-order valence-corrected chi connectivity index (χ2v) is 4.96. The van der Waals surface area contributed by atoms with E-state index in [1.807, 2.05) is 0 Å². The van der Waals surface area contributed by atoms with E-state index < -0.39 is 18.6 Å². The number of halogens is 6. The van der Waals surface area contributed by atoms with Crippen LogP contribution in [0.5, 0.6) is 5.75 Å². The van der Waals surface area contributed by atoms with Crippen LogP contribution < -0.4 is 10.5 Å². The summed E-state index contributed by atoms with van der Waals surface area (Å²) in [4.78, 5) is 0. The van der Waals surface area contributed by atoms with Crippen LogP contribution in [0.15, 0.2) is 36.4 Å². The first-order valence-electron chi connectivity index (χ1n) is 6.28. The Balaban J connectivity index is 0.00000264. The van der Waals surface area contributed by atoms with Crippen LogP contribution in [0.4, 0.5) is 17.6 Å². The monoisotopic (exact) mass is 369 g/mol. The minimum absolute atomic E-state index is 0. The zero-order valence-corrected chi connectivity index (χ0v) is 13.2. The smallest absolute Gasteiger partial charge is 0.422 e. The topological polar surface area (TPSA) is 35.2 Å². The van der Waals surface area contributed by atoms with Crippen molar-refractivity contribution >= 4 is 24.0 Å². The second-order valence-electron chi connectivity index (χ2n) is 4.55. The summed E-state index contributed by atoms with van der Waals surface area (Å²) in [5.41, 5.74) is 7.01. The lowest BCUT2D eigenvalue weighted by Crippen LogP contribution is -2.19. The number of nitrogens with two attached hydrogens (primary N) is 1. The number of hydrogen-bond acceptors (Lipinski definition) is 2. The Bertz CT molecular complexity index is 677. The molecule has 0 atom stereocenters. The van der Waals surface area contributed by atoms with Crippen LogP contribution in [0.1, 0.15) is 5.56 Å². The van der Waals surface area contributed by atoms with E-state index in [1.165, 1.54) is 36.4 Å². The molecule has 0 aliphatic carbocycles. The van der Waals surface area contributed by atoms with Crippen molar-refractivity contribution in [3.05, 3.63) is 52.8 Å². The van der Waals surface area contributed by atoms with Crippen LogP contribution in [-0.4, -0.2) is 12.8 Å². The molecule has 23 heavy (non-hydrogen) atoms. The minimum atomic E-state index is -4.44. The van der Waals surface area contributed by atoms with Gasteiger partial charge in [0.25, 0.3) is 0 Å². The van der Waals surface area contributed by atoms with Gasteiger partial charge in [-0.1, -0.05) is 17.7 Å². The van der Waals surface area contributed by atoms with Crippen molar-refractivity contribution in [3.8, 4) is 16.9 Å². The molecule has 0 aromatic heterocycles. The molecule has 0 aliphatic heterocycles. The summed E-state index contributed by atoms with van der Waals surface area (Å²) >= 11 is 6.03. The van der Waals surface area contributed by atoms with Gasteiger partial charge in [-0.15, -0.1) is 12.4 Å². The SMILES string of the molecule is Cl.NCc1ccc(OCC(F)(F)F)cc1-c1cc(F)ccc1Cl. The lowest BCUT2D eigenvalue weighted by Gasteiger charge is -2.14. The van der Waals surface area contributed by atoms with Crippen molar-refractivity contribution in [2.24, 2.45) is 5.73 Å². The highest BCUT2D eigenvalue weighted by molar-refractivity contribution is 6.33. The molecular weight excluding hydrogens is 357 g/mol. The summed E-state index contributed by atoms with van der Waals surface area (Å²) in [5.74, 6) is -0.506. The minimum Gasteiger partial charge on any atom is -0.484 e. The Hall–Kier alpha value is -1.50. The van der Waals surface area contributed by atoms with Crippen molar-refractivity contribution in [1.82, 2.24) is 0 Å². The van der Waals surface area contributed by atoms with Crippen molar-refractivity contribution in [3.63, 3.8) is 0 Å². The maximum atomic E-state index is 13.4. The number of hydrogen-bond donors (Lipinski definition) is 1.